The molecular weight excluding hydrogens is 428 g/mol. The van der Waals surface area contributed by atoms with Gasteiger partial charge in [-0.3, -0.25) is 19.7 Å². The molecule has 0 aliphatic carbocycles. The SMILES string of the molecule is C[C@@H]1CN(c2ccc(N=Cc3c(O)[nH]c(=O)c4ccc(-c5ccoc5)cc34)cc2)C[C@H](C)N1C. The van der Waals surface area contributed by atoms with Gasteiger partial charge in [-0.1, -0.05) is 6.07 Å². The molecule has 174 valence electrons. The van der Waals surface area contributed by atoms with Crippen molar-refractivity contribution < 1.29 is 9.52 Å². The Morgan fingerprint density at radius 3 is 2.44 bits per heavy atom. The lowest BCUT2D eigenvalue weighted by Gasteiger charge is -2.43. The number of furan rings is 1. The Kier molecular flexibility index (Phi) is 5.71. The molecule has 7 heteroatoms. The number of aromatic amines is 1. The van der Waals surface area contributed by atoms with E-state index < -0.39 is 0 Å². The molecule has 0 bridgehead atoms. The van der Waals surface area contributed by atoms with Crippen LogP contribution in [0, 0.1) is 0 Å². The quantitative estimate of drug-likeness (QED) is 0.432. The van der Waals surface area contributed by atoms with Crippen LogP contribution in [-0.4, -0.2) is 53.4 Å². The Hall–Kier alpha value is -3.84. The first kappa shape index (κ1) is 22.0. The molecule has 2 atom stereocenters. The molecule has 34 heavy (non-hydrogen) atoms. The molecular formula is C27H28N4O3. The zero-order chi connectivity index (χ0) is 23.8. The number of benzene rings is 2. The van der Waals surface area contributed by atoms with Crippen LogP contribution in [0.5, 0.6) is 5.88 Å². The molecule has 1 aliphatic rings. The highest BCUT2D eigenvalue weighted by molar-refractivity contribution is 6.03. The van der Waals surface area contributed by atoms with E-state index in [1.807, 2.05) is 30.3 Å². The van der Waals surface area contributed by atoms with E-state index in [9.17, 15) is 9.90 Å². The van der Waals surface area contributed by atoms with Gasteiger partial charge in [0.25, 0.3) is 5.56 Å². The summed E-state index contributed by atoms with van der Waals surface area (Å²) in [7, 11) is 2.18. The molecule has 2 aromatic carbocycles. The van der Waals surface area contributed by atoms with Gasteiger partial charge < -0.3 is 14.4 Å². The monoisotopic (exact) mass is 456 g/mol. The number of fused-ring (bicyclic) bond motifs is 1. The van der Waals surface area contributed by atoms with Crippen molar-refractivity contribution in [3.8, 4) is 17.0 Å². The normalized spacial score (nSPS) is 19.3. The van der Waals surface area contributed by atoms with Gasteiger partial charge in [-0.15, -0.1) is 0 Å². The van der Waals surface area contributed by atoms with Gasteiger partial charge in [-0.2, -0.15) is 0 Å². The summed E-state index contributed by atoms with van der Waals surface area (Å²) in [5.74, 6) is -0.206. The van der Waals surface area contributed by atoms with Crippen molar-refractivity contribution in [2.45, 2.75) is 25.9 Å². The Morgan fingerprint density at radius 1 is 1.03 bits per heavy atom. The van der Waals surface area contributed by atoms with Crippen molar-refractivity contribution in [2.75, 3.05) is 25.0 Å². The zero-order valence-corrected chi connectivity index (χ0v) is 19.5. The number of pyridine rings is 1. The molecule has 0 amide bonds. The van der Waals surface area contributed by atoms with Crippen LogP contribution < -0.4 is 10.5 Å². The van der Waals surface area contributed by atoms with E-state index in [4.69, 9.17) is 4.42 Å². The van der Waals surface area contributed by atoms with Crippen molar-refractivity contribution in [3.05, 3.63) is 77.0 Å². The molecule has 1 aliphatic heterocycles. The molecule has 4 aromatic rings. The van der Waals surface area contributed by atoms with Crippen LogP contribution >= 0.6 is 0 Å². The number of H-pyrrole nitrogens is 1. The number of aliphatic imine (C=N–C) groups is 1. The number of nitrogens with zero attached hydrogens (tertiary/aromatic N) is 3. The molecule has 7 nitrogen and oxygen atoms in total. The highest BCUT2D eigenvalue weighted by atomic mass is 16.3. The summed E-state index contributed by atoms with van der Waals surface area (Å²) in [5.41, 5.74) is 3.85. The minimum absolute atomic E-state index is 0.206. The fraction of sp³-hybridized carbons (Fsp3) is 0.259. The third kappa shape index (κ3) is 4.10. The van der Waals surface area contributed by atoms with E-state index in [-0.39, 0.29) is 11.4 Å². The number of rotatable bonds is 4. The Bertz CT molecular complexity index is 1380. The standard InChI is InChI=1S/C27H28N4O3/c1-17-14-31(15-18(2)30(17)3)22-7-5-21(6-8-22)28-13-25-24-12-19(20-10-11-34-16-20)4-9-23(24)26(32)29-27(25)33/h4-13,16-18H,14-15H2,1-3H3,(H2,29,32,33)/t17-,18+. The summed E-state index contributed by atoms with van der Waals surface area (Å²) in [4.78, 5) is 24.3. The number of nitrogens with one attached hydrogen (secondary N) is 1. The lowest BCUT2D eigenvalue weighted by atomic mass is 10.0. The van der Waals surface area contributed by atoms with Crippen molar-refractivity contribution in [2.24, 2.45) is 4.99 Å². The van der Waals surface area contributed by atoms with Gasteiger partial charge in [0.05, 0.1) is 23.8 Å². The molecule has 5 rings (SSSR count). The number of hydrogen-bond donors (Lipinski definition) is 2. The Balaban J connectivity index is 1.45. The minimum Gasteiger partial charge on any atom is -0.494 e. The lowest BCUT2D eigenvalue weighted by Crippen LogP contribution is -2.55. The average Bonchev–Trinajstić information content (AvgIpc) is 3.37. The zero-order valence-electron chi connectivity index (χ0n) is 19.5. The van der Waals surface area contributed by atoms with Gasteiger partial charge in [0.2, 0.25) is 5.88 Å². The second kappa shape index (κ2) is 8.83. The highest BCUT2D eigenvalue weighted by Gasteiger charge is 2.26. The molecule has 2 aromatic heterocycles. The predicted octanol–water partition coefficient (Wildman–Crippen LogP) is 4.77. The molecule has 0 radical (unpaired) electrons. The van der Waals surface area contributed by atoms with E-state index in [1.54, 1.807) is 24.8 Å². The molecule has 0 spiro atoms. The molecule has 3 heterocycles. The molecule has 0 unspecified atom stereocenters. The lowest BCUT2D eigenvalue weighted by molar-refractivity contribution is 0.170. The van der Waals surface area contributed by atoms with Crippen molar-refractivity contribution >= 4 is 28.4 Å². The third-order valence-corrected chi connectivity index (χ3v) is 6.81. The Labute approximate surface area is 198 Å². The van der Waals surface area contributed by atoms with E-state index in [2.05, 4.69) is 52.8 Å². The highest BCUT2D eigenvalue weighted by Crippen LogP contribution is 2.29. The average molecular weight is 457 g/mol. The van der Waals surface area contributed by atoms with Crippen LogP contribution in [0.4, 0.5) is 11.4 Å². The second-order valence-electron chi connectivity index (χ2n) is 9.03. The van der Waals surface area contributed by atoms with Crippen molar-refractivity contribution in [3.63, 3.8) is 0 Å². The van der Waals surface area contributed by atoms with Gasteiger partial charge >= 0.3 is 0 Å². The van der Waals surface area contributed by atoms with E-state index in [0.29, 0.717) is 28.4 Å². The minimum atomic E-state index is -0.344. The summed E-state index contributed by atoms with van der Waals surface area (Å²) in [6.45, 7) is 6.47. The van der Waals surface area contributed by atoms with Crippen LogP contribution in [0.1, 0.15) is 19.4 Å². The van der Waals surface area contributed by atoms with Crippen LogP contribution in [0.2, 0.25) is 0 Å². The Morgan fingerprint density at radius 2 is 1.76 bits per heavy atom. The second-order valence-corrected chi connectivity index (χ2v) is 9.03. The summed E-state index contributed by atoms with van der Waals surface area (Å²) < 4.78 is 5.18. The van der Waals surface area contributed by atoms with Crippen molar-refractivity contribution in [1.29, 1.82) is 0 Å². The van der Waals surface area contributed by atoms with Gasteiger partial charge in [0.1, 0.15) is 0 Å². The van der Waals surface area contributed by atoms with Crippen LogP contribution in [0.15, 0.2) is 75.3 Å². The summed E-state index contributed by atoms with van der Waals surface area (Å²) in [6.07, 6.45) is 4.84. The number of hydrogen-bond acceptors (Lipinski definition) is 6. The van der Waals surface area contributed by atoms with Gasteiger partial charge in [0, 0.05) is 53.4 Å². The molecule has 0 saturated carbocycles. The smallest absolute Gasteiger partial charge is 0.258 e. The predicted molar refractivity (Wildman–Crippen MR) is 137 cm³/mol. The topological polar surface area (TPSA) is 85.1 Å². The van der Waals surface area contributed by atoms with Gasteiger partial charge in [-0.05, 0) is 68.9 Å². The van der Waals surface area contributed by atoms with Crippen molar-refractivity contribution in [1.82, 2.24) is 9.88 Å². The molecule has 2 N–H and O–H groups in total. The number of anilines is 1. The maximum Gasteiger partial charge on any atom is 0.258 e. The summed E-state index contributed by atoms with van der Waals surface area (Å²) in [5, 5.41) is 11.6. The fourth-order valence-electron chi connectivity index (χ4n) is 4.58. The third-order valence-electron chi connectivity index (χ3n) is 6.81. The first-order chi connectivity index (χ1) is 16.4. The number of likely N-dealkylation sites (N-methyl/N-ethyl adjacent to an activating group) is 1. The maximum atomic E-state index is 12.4. The number of aromatic hydroxyl groups is 1. The van der Waals surface area contributed by atoms with E-state index in [1.165, 1.54) is 5.69 Å². The summed E-state index contributed by atoms with van der Waals surface area (Å²) in [6, 6.07) is 16.4. The number of aromatic nitrogens is 1. The van der Waals surface area contributed by atoms with E-state index >= 15 is 0 Å². The van der Waals surface area contributed by atoms with Crippen LogP contribution in [0.3, 0.4) is 0 Å². The fourth-order valence-corrected chi connectivity index (χ4v) is 4.58. The maximum absolute atomic E-state index is 12.4. The first-order valence-corrected chi connectivity index (χ1v) is 11.4. The largest absolute Gasteiger partial charge is 0.494 e. The molecule has 1 saturated heterocycles. The van der Waals surface area contributed by atoms with Gasteiger partial charge in [-0.25, -0.2) is 0 Å². The van der Waals surface area contributed by atoms with Crippen LogP contribution in [-0.2, 0) is 0 Å². The number of piperazine rings is 1. The van der Waals surface area contributed by atoms with Gasteiger partial charge in [0.15, 0.2) is 0 Å². The first-order valence-electron chi connectivity index (χ1n) is 11.4. The summed E-state index contributed by atoms with van der Waals surface area (Å²) >= 11 is 0. The van der Waals surface area contributed by atoms with Crippen LogP contribution in [0.25, 0.3) is 21.9 Å². The molecule has 1 fully saturated rings. The van der Waals surface area contributed by atoms with E-state index in [0.717, 1.165) is 29.9 Å².